The molecule has 1 aromatic rings. The van der Waals surface area contributed by atoms with E-state index in [4.69, 9.17) is 4.74 Å². The molecule has 1 aromatic heterocycles. The van der Waals surface area contributed by atoms with Crippen molar-refractivity contribution >= 4 is 5.91 Å². The van der Waals surface area contributed by atoms with E-state index < -0.39 is 5.60 Å². The van der Waals surface area contributed by atoms with E-state index in [-0.39, 0.29) is 18.5 Å². The Morgan fingerprint density at radius 3 is 2.90 bits per heavy atom. The zero-order chi connectivity index (χ0) is 14.9. The molecule has 2 fully saturated rings. The lowest BCUT2D eigenvalue weighted by Crippen LogP contribution is -2.47. The van der Waals surface area contributed by atoms with Crippen LogP contribution in [0.25, 0.3) is 0 Å². The highest BCUT2D eigenvalue weighted by Crippen LogP contribution is 2.22. The van der Waals surface area contributed by atoms with Crippen molar-refractivity contribution in [3.63, 3.8) is 0 Å². The van der Waals surface area contributed by atoms with Crippen LogP contribution in [0, 0.1) is 0 Å². The lowest BCUT2D eigenvalue weighted by molar-refractivity contribution is -0.0734. The largest absolute Gasteiger partial charge is 0.388 e. The van der Waals surface area contributed by atoms with Crippen LogP contribution < -0.4 is 5.32 Å². The molecule has 8 heteroatoms. The molecule has 8 nitrogen and oxygen atoms in total. The molecule has 3 heterocycles. The van der Waals surface area contributed by atoms with E-state index >= 15 is 0 Å². The molecule has 3 rings (SSSR count). The maximum atomic E-state index is 12.4. The van der Waals surface area contributed by atoms with Crippen molar-refractivity contribution < 1.29 is 14.6 Å². The number of ether oxygens (including phenoxy) is 1. The second kappa shape index (κ2) is 5.70. The van der Waals surface area contributed by atoms with E-state index in [0.717, 1.165) is 13.1 Å². The van der Waals surface area contributed by atoms with Gasteiger partial charge in [-0.05, 0) is 0 Å². The summed E-state index contributed by atoms with van der Waals surface area (Å²) in [7, 11) is 1.68. The molecule has 2 saturated heterocycles. The van der Waals surface area contributed by atoms with E-state index in [1.807, 2.05) is 0 Å². The summed E-state index contributed by atoms with van der Waals surface area (Å²) in [5.41, 5.74) is -0.545. The third-order valence-electron chi connectivity index (χ3n) is 4.17. The quantitative estimate of drug-likeness (QED) is 0.743. The van der Waals surface area contributed by atoms with Gasteiger partial charge in [-0.2, -0.15) is 0 Å². The minimum atomic E-state index is -0.865. The molecule has 0 bridgehead atoms. The molecule has 0 spiro atoms. The lowest BCUT2D eigenvalue weighted by atomic mass is 9.94. The fourth-order valence-electron chi connectivity index (χ4n) is 2.63. The number of likely N-dealkylation sites (N-methyl/N-ethyl adjacent to an activating group) is 1. The number of nitrogens with one attached hydrogen (secondary N) is 1. The van der Waals surface area contributed by atoms with E-state index in [1.54, 1.807) is 17.9 Å². The third kappa shape index (κ3) is 3.07. The summed E-state index contributed by atoms with van der Waals surface area (Å²) in [6.45, 7) is 3.05. The van der Waals surface area contributed by atoms with E-state index in [1.165, 1.54) is 4.90 Å². The van der Waals surface area contributed by atoms with E-state index in [0.29, 0.717) is 31.7 Å². The van der Waals surface area contributed by atoms with Gasteiger partial charge in [0.05, 0.1) is 17.8 Å². The summed E-state index contributed by atoms with van der Waals surface area (Å²) in [6, 6.07) is 0.282. The second-order valence-corrected chi connectivity index (χ2v) is 5.89. The predicted octanol–water partition coefficient (Wildman–Crippen LogP) is -0.964. The van der Waals surface area contributed by atoms with Crippen LogP contribution in [0.3, 0.4) is 0 Å². The van der Waals surface area contributed by atoms with Crippen molar-refractivity contribution in [2.75, 3.05) is 39.9 Å². The first-order valence-corrected chi connectivity index (χ1v) is 7.26. The van der Waals surface area contributed by atoms with Crippen LogP contribution in [0.5, 0.6) is 0 Å². The molecule has 0 atom stereocenters. The number of carbonyl (C=O) groups excluding carboxylic acids is 1. The van der Waals surface area contributed by atoms with E-state index in [9.17, 15) is 9.90 Å². The van der Waals surface area contributed by atoms with Crippen molar-refractivity contribution in [1.82, 2.24) is 25.2 Å². The minimum Gasteiger partial charge on any atom is -0.388 e. The summed E-state index contributed by atoms with van der Waals surface area (Å²) in [5.74, 6) is -0.214. The average Bonchev–Trinajstić information content (AvgIpc) is 2.85. The maximum Gasteiger partial charge on any atom is 0.275 e. The number of carbonyl (C=O) groups is 1. The van der Waals surface area contributed by atoms with Gasteiger partial charge in [0.2, 0.25) is 0 Å². The maximum absolute atomic E-state index is 12.4. The van der Waals surface area contributed by atoms with E-state index in [2.05, 4.69) is 15.6 Å². The van der Waals surface area contributed by atoms with Gasteiger partial charge in [0.15, 0.2) is 5.69 Å². The third-order valence-corrected chi connectivity index (χ3v) is 4.17. The second-order valence-electron chi connectivity index (χ2n) is 5.89. The lowest BCUT2D eigenvalue weighted by Gasteiger charge is -2.35. The van der Waals surface area contributed by atoms with Crippen LogP contribution in [-0.2, 0) is 4.74 Å². The number of hydrogen-bond acceptors (Lipinski definition) is 6. The molecule has 1 amide bonds. The van der Waals surface area contributed by atoms with Crippen LogP contribution in [0.2, 0.25) is 0 Å². The SMILES string of the molecule is CN(CC1(O)CCOCC1)C(=O)c1cn(C2CNC2)nn1. The number of rotatable bonds is 4. The molecule has 116 valence electrons. The molecule has 2 aliphatic heterocycles. The average molecular weight is 295 g/mol. The normalized spacial score (nSPS) is 21.8. The van der Waals surface area contributed by atoms with Crippen molar-refractivity contribution in [2.24, 2.45) is 0 Å². The van der Waals surface area contributed by atoms with Crippen LogP contribution >= 0.6 is 0 Å². The van der Waals surface area contributed by atoms with Gasteiger partial charge in [0, 0.05) is 52.7 Å². The minimum absolute atomic E-state index is 0.214. The standard InChI is InChI=1S/C13H21N5O3/c1-17(9-13(20)2-4-21-5-3-13)12(19)11-8-18(16-15-11)10-6-14-7-10/h8,10,14,20H,2-7,9H2,1H3. The zero-order valence-electron chi connectivity index (χ0n) is 12.2. The summed E-state index contributed by atoms with van der Waals surface area (Å²) in [6.07, 6.45) is 2.77. The van der Waals surface area contributed by atoms with Crippen molar-refractivity contribution in [2.45, 2.75) is 24.5 Å². The Labute approximate surface area is 123 Å². The Balaban J connectivity index is 1.62. The fourth-order valence-corrected chi connectivity index (χ4v) is 2.63. The van der Waals surface area contributed by atoms with Gasteiger partial charge >= 0.3 is 0 Å². The summed E-state index contributed by atoms with van der Waals surface area (Å²) in [5, 5.41) is 21.6. The Morgan fingerprint density at radius 2 is 2.29 bits per heavy atom. The number of hydrogen-bond donors (Lipinski definition) is 2. The molecule has 0 aliphatic carbocycles. The molecule has 2 N–H and O–H groups in total. The highest BCUT2D eigenvalue weighted by molar-refractivity contribution is 5.91. The first-order chi connectivity index (χ1) is 10.1. The monoisotopic (exact) mass is 295 g/mol. The molecular weight excluding hydrogens is 274 g/mol. The smallest absolute Gasteiger partial charge is 0.275 e. The van der Waals surface area contributed by atoms with Crippen LogP contribution in [-0.4, -0.2) is 76.4 Å². The Hall–Kier alpha value is -1.51. The summed E-state index contributed by atoms with van der Waals surface area (Å²) < 4.78 is 6.97. The Kier molecular flexibility index (Phi) is 3.92. The van der Waals surface area contributed by atoms with Crippen LogP contribution in [0.4, 0.5) is 0 Å². The summed E-state index contributed by atoms with van der Waals surface area (Å²) in [4.78, 5) is 13.9. The van der Waals surface area contributed by atoms with Crippen molar-refractivity contribution in [3.05, 3.63) is 11.9 Å². The number of aliphatic hydroxyl groups is 1. The molecule has 21 heavy (non-hydrogen) atoms. The highest BCUT2D eigenvalue weighted by atomic mass is 16.5. The number of amides is 1. The topological polar surface area (TPSA) is 92.5 Å². The first-order valence-electron chi connectivity index (χ1n) is 7.26. The molecule has 0 unspecified atom stereocenters. The van der Waals surface area contributed by atoms with Gasteiger partial charge in [-0.1, -0.05) is 5.21 Å². The fraction of sp³-hybridized carbons (Fsp3) is 0.769. The zero-order valence-corrected chi connectivity index (χ0v) is 12.2. The van der Waals surface area contributed by atoms with Crippen molar-refractivity contribution in [1.29, 1.82) is 0 Å². The Bertz CT molecular complexity index is 508. The highest BCUT2D eigenvalue weighted by Gasteiger charge is 2.33. The van der Waals surface area contributed by atoms with Gasteiger partial charge in [-0.25, -0.2) is 4.68 Å². The Morgan fingerprint density at radius 1 is 1.57 bits per heavy atom. The molecule has 0 radical (unpaired) electrons. The van der Waals surface area contributed by atoms with Crippen LogP contribution in [0.15, 0.2) is 6.20 Å². The molecule has 0 aromatic carbocycles. The van der Waals surface area contributed by atoms with Gasteiger partial charge in [-0.3, -0.25) is 4.79 Å². The number of aromatic nitrogens is 3. The summed E-state index contributed by atoms with van der Waals surface area (Å²) >= 11 is 0. The number of nitrogens with zero attached hydrogens (tertiary/aromatic N) is 4. The van der Waals surface area contributed by atoms with Crippen LogP contribution in [0.1, 0.15) is 29.4 Å². The predicted molar refractivity (Wildman–Crippen MR) is 73.9 cm³/mol. The molecule has 0 saturated carbocycles. The molecule has 2 aliphatic rings. The van der Waals surface area contributed by atoms with Gasteiger partial charge in [0.25, 0.3) is 5.91 Å². The molecular formula is C13H21N5O3. The van der Waals surface area contributed by atoms with Gasteiger partial charge in [0.1, 0.15) is 0 Å². The van der Waals surface area contributed by atoms with Gasteiger partial charge < -0.3 is 20.1 Å². The first kappa shape index (κ1) is 14.4. The van der Waals surface area contributed by atoms with Gasteiger partial charge in [-0.15, -0.1) is 5.10 Å². The van der Waals surface area contributed by atoms with Crippen molar-refractivity contribution in [3.8, 4) is 0 Å².